The number of hydrogen-bond donors (Lipinski definition) is 1. The van der Waals surface area contributed by atoms with Gasteiger partial charge in [0.05, 0.1) is 6.20 Å². The molecule has 0 amide bonds. The van der Waals surface area contributed by atoms with Crippen LogP contribution >= 0.6 is 0 Å². The second-order valence-corrected chi connectivity index (χ2v) is 1.90. The fourth-order valence-corrected chi connectivity index (χ4v) is 0.822. The summed E-state index contributed by atoms with van der Waals surface area (Å²) >= 11 is 0. The summed E-state index contributed by atoms with van der Waals surface area (Å²) in [5.74, 6) is 0.106. The summed E-state index contributed by atoms with van der Waals surface area (Å²) in [5.41, 5.74) is 0.653. The van der Waals surface area contributed by atoms with E-state index in [2.05, 4.69) is 10.1 Å². The Morgan fingerprint density at radius 3 is 2.82 bits per heavy atom. The van der Waals surface area contributed by atoms with Gasteiger partial charge in [0.15, 0.2) is 5.65 Å². The van der Waals surface area contributed by atoms with Crippen LogP contribution in [0.25, 0.3) is 5.65 Å². The first-order chi connectivity index (χ1) is 4.88. The molecule has 4 nitrogen and oxygen atoms in total. The number of aromatic nitrogens is 3. The van der Waals surface area contributed by atoms with E-state index in [1.54, 1.807) is 12.3 Å². The topological polar surface area (TPSA) is 50.4 Å². The summed E-state index contributed by atoms with van der Waals surface area (Å²) in [6, 6.07) is 3.21. The van der Waals surface area contributed by atoms with Gasteiger partial charge in [-0.1, -0.05) is 0 Å². The second kappa shape index (κ2) is 3.21. The summed E-state index contributed by atoms with van der Waals surface area (Å²) in [7, 11) is 0. The first kappa shape index (κ1) is 8.52. The molecule has 51 valence electrons. The van der Waals surface area contributed by atoms with Crippen molar-refractivity contribution in [2.24, 2.45) is 0 Å². The minimum absolute atomic E-state index is 0. The zero-order chi connectivity index (χ0) is 6.97. The van der Waals surface area contributed by atoms with E-state index in [0.29, 0.717) is 5.65 Å². The molecule has 0 fully saturated rings. The summed E-state index contributed by atoms with van der Waals surface area (Å²) < 4.78 is 1.36. The van der Waals surface area contributed by atoms with Crippen molar-refractivity contribution in [3.63, 3.8) is 0 Å². The number of hydrogen-bond acceptors (Lipinski definition) is 3. The molecule has 0 spiro atoms. The summed E-state index contributed by atoms with van der Waals surface area (Å²) in [5, 5.41) is 12.9. The molecule has 0 aliphatic rings. The van der Waals surface area contributed by atoms with Crippen molar-refractivity contribution in [1.82, 2.24) is 14.6 Å². The summed E-state index contributed by atoms with van der Waals surface area (Å²) in [4.78, 5) is 3.94. The van der Waals surface area contributed by atoms with Gasteiger partial charge in [-0.3, -0.25) is 0 Å². The molecule has 0 saturated carbocycles. The van der Waals surface area contributed by atoms with Crippen molar-refractivity contribution in [1.29, 1.82) is 0 Å². The molecule has 2 heterocycles. The van der Waals surface area contributed by atoms with Gasteiger partial charge >= 0.3 is 0 Å². The molecule has 0 unspecified atom stereocenters. The third-order valence-corrected chi connectivity index (χ3v) is 1.27. The van der Waals surface area contributed by atoms with Crippen LogP contribution in [-0.2, 0) is 0 Å². The van der Waals surface area contributed by atoms with Crippen LogP contribution in [0, 0.1) is 0 Å². The molecule has 0 aromatic carbocycles. The Morgan fingerprint density at radius 2 is 2.09 bits per heavy atom. The van der Waals surface area contributed by atoms with Crippen molar-refractivity contribution in [2.75, 3.05) is 0 Å². The monoisotopic (exact) mass is 158 g/mol. The van der Waals surface area contributed by atoms with Gasteiger partial charge in [-0.25, -0.2) is 4.98 Å². The normalized spacial score (nSPS) is 9.45. The standard InChI is InChI=1S/C6H5N3O.Na/c10-6-2-3-7-5-1-4-8-9(5)6;/h1-4,10H;. The maximum atomic E-state index is 9.12. The van der Waals surface area contributed by atoms with Crippen molar-refractivity contribution in [2.45, 2.75) is 0 Å². The van der Waals surface area contributed by atoms with Crippen LogP contribution in [0.3, 0.4) is 0 Å². The summed E-state index contributed by atoms with van der Waals surface area (Å²) in [6.45, 7) is 0. The largest absolute Gasteiger partial charge is 0.493 e. The van der Waals surface area contributed by atoms with Gasteiger partial charge in [0.1, 0.15) is 0 Å². The second-order valence-electron chi connectivity index (χ2n) is 1.90. The van der Waals surface area contributed by atoms with Crippen LogP contribution in [-0.4, -0.2) is 49.3 Å². The Labute approximate surface area is 85.2 Å². The van der Waals surface area contributed by atoms with Gasteiger partial charge in [0.2, 0.25) is 5.88 Å². The van der Waals surface area contributed by atoms with Gasteiger partial charge in [-0.2, -0.15) is 9.61 Å². The molecule has 5 heteroatoms. The predicted octanol–water partition coefficient (Wildman–Crippen LogP) is 0.0541. The Balaban J connectivity index is 0.000000605. The van der Waals surface area contributed by atoms with E-state index in [1.807, 2.05) is 0 Å². The molecule has 0 aliphatic heterocycles. The first-order valence-corrected chi connectivity index (χ1v) is 2.85. The minimum Gasteiger partial charge on any atom is -0.493 e. The first-order valence-electron chi connectivity index (χ1n) is 2.85. The van der Waals surface area contributed by atoms with E-state index in [0.717, 1.165) is 0 Å². The van der Waals surface area contributed by atoms with Crippen LogP contribution < -0.4 is 0 Å². The van der Waals surface area contributed by atoms with Gasteiger partial charge in [-0.15, -0.1) is 0 Å². The average Bonchev–Trinajstić information content (AvgIpc) is 2.36. The van der Waals surface area contributed by atoms with E-state index in [9.17, 15) is 0 Å². The molecule has 1 N–H and O–H groups in total. The predicted molar refractivity (Wildman–Crippen MR) is 40.4 cm³/mol. The molecule has 1 radical (unpaired) electrons. The minimum atomic E-state index is 0. The van der Waals surface area contributed by atoms with E-state index in [-0.39, 0.29) is 35.4 Å². The molecule has 0 saturated heterocycles. The Hall–Kier alpha value is -0.580. The third-order valence-electron chi connectivity index (χ3n) is 1.27. The fraction of sp³-hybridized carbons (Fsp3) is 0. The SMILES string of the molecule is Oc1ccnc2ccnn12.[Na]. The molecular weight excluding hydrogens is 153 g/mol. The third kappa shape index (κ3) is 1.38. The molecule has 0 bridgehead atoms. The van der Waals surface area contributed by atoms with Gasteiger partial charge in [-0.05, 0) is 0 Å². The molecule has 11 heavy (non-hydrogen) atoms. The zero-order valence-corrected chi connectivity index (χ0v) is 8.10. The van der Waals surface area contributed by atoms with Crippen molar-refractivity contribution in [3.8, 4) is 5.88 Å². The quantitative estimate of drug-likeness (QED) is 0.551. The van der Waals surface area contributed by atoms with Gasteiger partial charge < -0.3 is 5.11 Å². The Bertz CT molecular complexity index is 359. The molecule has 0 aliphatic carbocycles. The number of rotatable bonds is 0. The smallest absolute Gasteiger partial charge is 0.215 e. The van der Waals surface area contributed by atoms with Gasteiger partial charge in [0, 0.05) is 47.9 Å². The van der Waals surface area contributed by atoms with Crippen LogP contribution in [0.5, 0.6) is 5.88 Å². The van der Waals surface area contributed by atoms with E-state index in [4.69, 9.17) is 5.11 Å². The molecule has 2 aromatic heterocycles. The van der Waals surface area contributed by atoms with E-state index >= 15 is 0 Å². The summed E-state index contributed by atoms with van der Waals surface area (Å²) in [6.07, 6.45) is 3.12. The van der Waals surface area contributed by atoms with Crippen LogP contribution in [0.15, 0.2) is 24.5 Å². The van der Waals surface area contributed by atoms with Gasteiger partial charge in [0.25, 0.3) is 0 Å². The Morgan fingerprint density at radius 1 is 1.27 bits per heavy atom. The maximum Gasteiger partial charge on any atom is 0.215 e. The van der Waals surface area contributed by atoms with Crippen LogP contribution in [0.4, 0.5) is 0 Å². The molecule has 2 rings (SSSR count). The van der Waals surface area contributed by atoms with Crippen LogP contribution in [0.2, 0.25) is 0 Å². The maximum absolute atomic E-state index is 9.12. The van der Waals surface area contributed by atoms with Crippen molar-refractivity contribution >= 4 is 35.2 Å². The zero-order valence-electron chi connectivity index (χ0n) is 6.10. The molecule has 2 aromatic rings. The van der Waals surface area contributed by atoms with Crippen molar-refractivity contribution < 1.29 is 5.11 Å². The number of aromatic hydroxyl groups is 1. The van der Waals surface area contributed by atoms with E-state index < -0.39 is 0 Å². The molecule has 0 atom stereocenters. The number of fused-ring (bicyclic) bond motifs is 1. The van der Waals surface area contributed by atoms with Crippen molar-refractivity contribution in [3.05, 3.63) is 24.5 Å². The molecular formula is C6H5N3NaO. The Kier molecular flexibility index (Phi) is 2.49. The average molecular weight is 158 g/mol. The van der Waals surface area contributed by atoms with Crippen LogP contribution in [0.1, 0.15) is 0 Å². The van der Waals surface area contributed by atoms with E-state index in [1.165, 1.54) is 16.8 Å². The fourth-order valence-electron chi connectivity index (χ4n) is 0.822. The number of nitrogens with zero attached hydrogens (tertiary/aromatic N) is 3.